The zero-order valence-electron chi connectivity index (χ0n) is 19.9. The number of thioether (sulfide) groups is 1. The lowest BCUT2D eigenvalue weighted by atomic mass is 9.81. The Kier molecular flexibility index (Phi) is 7.60. The number of hydrogen-bond acceptors (Lipinski definition) is 8. The van der Waals surface area contributed by atoms with Crippen molar-refractivity contribution in [3.63, 3.8) is 0 Å². The van der Waals surface area contributed by atoms with Gasteiger partial charge in [-0.1, -0.05) is 30.3 Å². The summed E-state index contributed by atoms with van der Waals surface area (Å²) in [4.78, 5) is 38.5. The molecule has 2 aliphatic heterocycles. The Bertz CT molecular complexity index is 1210. The number of ether oxygens (including phenoxy) is 3. The van der Waals surface area contributed by atoms with E-state index in [1.165, 1.54) is 0 Å². The van der Waals surface area contributed by atoms with E-state index in [1.807, 2.05) is 43.3 Å². The highest BCUT2D eigenvalue weighted by Crippen LogP contribution is 2.44. The highest BCUT2D eigenvalue weighted by molar-refractivity contribution is 7.98. The van der Waals surface area contributed by atoms with Crippen molar-refractivity contribution in [2.75, 3.05) is 19.8 Å². The molecule has 0 saturated heterocycles. The minimum Gasteiger partial charge on any atom is -0.463 e. The van der Waals surface area contributed by atoms with E-state index in [-0.39, 0.29) is 19.2 Å². The smallest absolute Gasteiger partial charge is 0.338 e. The van der Waals surface area contributed by atoms with Crippen LogP contribution in [0.1, 0.15) is 48.2 Å². The molecule has 1 unspecified atom stereocenters. The van der Waals surface area contributed by atoms with E-state index in [1.54, 1.807) is 37.7 Å². The summed E-state index contributed by atoms with van der Waals surface area (Å²) in [5, 5.41) is 3.17. The van der Waals surface area contributed by atoms with Crippen molar-refractivity contribution in [2.24, 2.45) is 0 Å². The summed E-state index contributed by atoms with van der Waals surface area (Å²) >= 11 is 1.60. The standard InChI is InChI=1S/C27H27NO6S/c1-4-32-25(29)18-12-10-17(11-13-18)15-35-21-9-7-6-8-19(21)23-22(26(30)33-5-2)16(3)28-20-14-34-27(31)24(20)23/h6-13,23,28H,4-5,14-15H2,1-3H3. The number of rotatable bonds is 8. The zero-order chi connectivity index (χ0) is 24.9. The molecule has 2 aromatic carbocycles. The topological polar surface area (TPSA) is 90.9 Å². The van der Waals surface area contributed by atoms with Crippen LogP contribution in [0.15, 0.2) is 76.0 Å². The molecule has 2 heterocycles. The summed E-state index contributed by atoms with van der Waals surface area (Å²) in [6.45, 7) is 6.06. The van der Waals surface area contributed by atoms with Gasteiger partial charge in [0.2, 0.25) is 0 Å². The van der Waals surface area contributed by atoms with Gasteiger partial charge in [0.25, 0.3) is 0 Å². The third-order valence-electron chi connectivity index (χ3n) is 5.80. The monoisotopic (exact) mass is 493 g/mol. The van der Waals surface area contributed by atoms with Crippen LogP contribution in [-0.2, 0) is 29.6 Å². The van der Waals surface area contributed by atoms with Gasteiger partial charge in [-0.05, 0) is 50.1 Å². The van der Waals surface area contributed by atoms with Crippen LogP contribution in [0.5, 0.6) is 0 Å². The molecule has 2 aliphatic rings. The fraction of sp³-hybridized carbons (Fsp3) is 0.296. The first kappa shape index (κ1) is 24.6. The number of carbonyl (C=O) groups is 3. The molecule has 35 heavy (non-hydrogen) atoms. The summed E-state index contributed by atoms with van der Waals surface area (Å²) < 4.78 is 15.7. The second-order valence-electron chi connectivity index (χ2n) is 8.03. The Morgan fingerprint density at radius 1 is 1.03 bits per heavy atom. The second-order valence-corrected chi connectivity index (χ2v) is 9.05. The lowest BCUT2D eigenvalue weighted by Gasteiger charge is -2.28. The Labute approximate surface area is 208 Å². The van der Waals surface area contributed by atoms with Gasteiger partial charge in [-0.25, -0.2) is 14.4 Å². The number of dihydropyridines is 1. The van der Waals surface area contributed by atoms with Gasteiger partial charge in [0.05, 0.1) is 41.5 Å². The van der Waals surface area contributed by atoms with Crippen LogP contribution >= 0.6 is 11.8 Å². The Morgan fingerprint density at radius 3 is 2.43 bits per heavy atom. The van der Waals surface area contributed by atoms with Crippen LogP contribution in [0.4, 0.5) is 0 Å². The van der Waals surface area contributed by atoms with Gasteiger partial charge in [0, 0.05) is 16.3 Å². The molecule has 8 heteroatoms. The van der Waals surface area contributed by atoms with Crippen molar-refractivity contribution in [1.82, 2.24) is 5.32 Å². The van der Waals surface area contributed by atoms with Crippen LogP contribution < -0.4 is 5.32 Å². The molecule has 182 valence electrons. The largest absolute Gasteiger partial charge is 0.463 e. The van der Waals surface area contributed by atoms with Gasteiger partial charge >= 0.3 is 17.9 Å². The van der Waals surface area contributed by atoms with Crippen molar-refractivity contribution in [3.8, 4) is 0 Å². The first-order valence-electron chi connectivity index (χ1n) is 11.5. The number of carbonyl (C=O) groups excluding carboxylic acids is 3. The summed E-state index contributed by atoms with van der Waals surface area (Å²) in [6, 6.07) is 15.0. The van der Waals surface area contributed by atoms with Gasteiger partial charge in [-0.2, -0.15) is 0 Å². The fourth-order valence-corrected chi connectivity index (χ4v) is 5.26. The number of esters is 3. The van der Waals surface area contributed by atoms with Crippen molar-refractivity contribution >= 4 is 29.7 Å². The molecule has 2 aromatic rings. The number of allylic oxidation sites excluding steroid dienone is 1. The predicted octanol–water partition coefficient (Wildman–Crippen LogP) is 4.49. The quantitative estimate of drug-likeness (QED) is 0.327. The summed E-state index contributed by atoms with van der Waals surface area (Å²) in [5.41, 5.74) is 4.58. The minimum atomic E-state index is -0.588. The number of benzene rings is 2. The average molecular weight is 494 g/mol. The van der Waals surface area contributed by atoms with Gasteiger partial charge in [-0.3, -0.25) is 0 Å². The summed E-state index contributed by atoms with van der Waals surface area (Å²) in [7, 11) is 0. The van der Waals surface area contributed by atoms with Gasteiger partial charge in [0.1, 0.15) is 6.61 Å². The van der Waals surface area contributed by atoms with Crippen molar-refractivity contribution in [1.29, 1.82) is 0 Å². The number of cyclic esters (lactones) is 1. The maximum absolute atomic E-state index is 13.0. The molecule has 0 bridgehead atoms. The maximum atomic E-state index is 13.0. The summed E-state index contributed by atoms with van der Waals surface area (Å²) in [5.74, 6) is -1.18. The Hall–Kier alpha value is -3.52. The van der Waals surface area contributed by atoms with Crippen LogP contribution in [-0.4, -0.2) is 37.7 Å². The lowest BCUT2D eigenvalue weighted by Crippen LogP contribution is -2.30. The second kappa shape index (κ2) is 10.8. The highest BCUT2D eigenvalue weighted by Gasteiger charge is 2.42. The lowest BCUT2D eigenvalue weighted by molar-refractivity contribution is -0.138. The molecule has 0 fully saturated rings. The van der Waals surface area contributed by atoms with Crippen LogP contribution in [0.2, 0.25) is 0 Å². The molecule has 7 nitrogen and oxygen atoms in total. The molecule has 0 aromatic heterocycles. The Morgan fingerprint density at radius 2 is 1.71 bits per heavy atom. The first-order chi connectivity index (χ1) is 16.9. The molecule has 4 rings (SSSR count). The zero-order valence-corrected chi connectivity index (χ0v) is 20.7. The van der Waals surface area contributed by atoms with E-state index in [0.29, 0.717) is 40.5 Å². The van der Waals surface area contributed by atoms with Gasteiger partial charge in [-0.15, -0.1) is 11.8 Å². The van der Waals surface area contributed by atoms with Crippen LogP contribution in [0.3, 0.4) is 0 Å². The van der Waals surface area contributed by atoms with E-state index >= 15 is 0 Å². The van der Waals surface area contributed by atoms with E-state index in [4.69, 9.17) is 14.2 Å². The molecule has 1 atom stereocenters. The average Bonchev–Trinajstić information content (AvgIpc) is 3.22. The SMILES string of the molecule is CCOC(=O)C1=C(C)NC2=C(C(=O)OC2)C1c1ccccc1SCc1ccc(C(=O)OCC)cc1. The van der Waals surface area contributed by atoms with Crippen molar-refractivity contribution in [2.45, 2.75) is 37.3 Å². The molecule has 0 saturated carbocycles. The number of hydrogen-bond donors (Lipinski definition) is 1. The molecule has 1 N–H and O–H groups in total. The summed E-state index contributed by atoms with van der Waals surface area (Å²) in [6.07, 6.45) is 0. The third-order valence-corrected chi connectivity index (χ3v) is 6.96. The third kappa shape index (κ3) is 5.12. The minimum absolute atomic E-state index is 0.153. The van der Waals surface area contributed by atoms with Crippen molar-refractivity contribution < 1.29 is 28.6 Å². The Balaban J connectivity index is 1.64. The van der Waals surface area contributed by atoms with E-state index in [2.05, 4.69) is 5.32 Å². The molecule has 0 amide bonds. The first-order valence-corrected chi connectivity index (χ1v) is 12.5. The van der Waals surface area contributed by atoms with E-state index in [0.717, 1.165) is 16.0 Å². The predicted molar refractivity (Wildman–Crippen MR) is 132 cm³/mol. The molecule has 0 aliphatic carbocycles. The van der Waals surface area contributed by atoms with E-state index < -0.39 is 17.9 Å². The maximum Gasteiger partial charge on any atom is 0.338 e. The number of nitrogens with one attached hydrogen (secondary N) is 1. The molecule has 0 spiro atoms. The van der Waals surface area contributed by atoms with Gasteiger partial charge in [0.15, 0.2) is 0 Å². The van der Waals surface area contributed by atoms with Gasteiger partial charge < -0.3 is 19.5 Å². The van der Waals surface area contributed by atoms with E-state index in [9.17, 15) is 14.4 Å². The molecule has 0 radical (unpaired) electrons. The molecular formula is C27H27NO6S. The van der Waals surface area contributed by atoms with Crippen LogP contribution in [0, 0.1) is 0 Å². The highest BCUT2D eigenvalue weighted by atomic mass is 32.2. The normalized spacial score (nSPS) is 17.0. The molecular weight excluding hydrogens is 466 g/mol. The van der Waals surface area contributed by atoms with Crippen LogP contribution in [0.25, 0.3) is 0 Å². The fourth-order valence-electron chi connectivity index (χ4n) is 4.22. The van der Waals surface area contributed by atoms with Crippen molar-refractivity contribution in [3.05, 3.63) is 87.8 Å².